The van der Waals surface area contributed by atoms with Crippen molar-refractivity contribution in [2.45, 2.75) is 12.5 Å². The molecule has 3 rings (SSSR count). The standard InChI is InChI=1S/C16H14ClN3O4/c17-13-5-4-11(9-14(13)20(22)23)16(21)19-8-6-12(10-19)24-15-3-1-2-7-18-15/h1-5,7,9,12H,6,8,10H2. The van der Waals surface area contributed by atoms with Crippen molar-refractivity contribution in [3.63, 3.8) is 0 Å². The number of likely N-dealkylation sites (tertiary alicyclic amines) is 1. The fourth-order valence-electron chi connectivity index (χ4n) is 2.56. The van der Waals surface area contributed by atoms with Gasteiger partial charge in [-0.15, -0.1) is 0 Å². The number of aromatic nitrogens is 1. The maximum atomic E-state index is 12.5. The molecule has 0 saturated carbocycles. The molecule has 0 aliphatic carbocycles. The maximum Gasteiger partial charge on any atom is 0.288 e. The quantitative estimate of drug-likeness (QED) is 0.627. The summed E-state index contributed by atoms with van der Waals surface area (Å²) in [5.41, 5.74) is -0.0346. The number of carbonyl (C=O) groups excluding carboxylic acids is 1. The SMILES string of the molecule is O=C(c1ccc(Cl)c([N+](=O)[O-])c1)N1CCC(Oc2ccccn2)C1. The van der Waals surface area contributed by atoms with Gasteiger partial charge in [-0.3, -0.25) is 14.9 Å². The Balaban J connectivity index is 1.68. The number of hydrogen-bond donors (Lipinski definition) is 0. The molecule has 1 fully saturated rings. The van der Waals surface area contributed by atoms with E-state index >= 15 is 0 Å². The first-order valence-electron chi connectivity index (χ1n) is 7.35. The molecule has 0 spiro atoms. The highest BCUT2D eigenvalue weighted by Gasteiger charge is 2.29. The smallest absolute Gasteiger partial charge is 0.288 e. The molecule has 0 bridgehead atoms. The van der Waals surface area contributed by atoms with Gasteiger partial charge in [0, 0.05) is 36.9 Å². The maximum absolute atomic E-state index is 12.5. The van der Waals surface area contributed by atoms with Gasteiger partial charge in [0.25, 0.3) is 11.6 Å². The van der Waals surface area contributed by atoms with E-state index in [1.165, 1.54) is 18.2 Å². The fraction of sp³-hybridized carbons (Fsp3) is 0.250. The van der Waals surface area contributed by atoms with E-state index in [4.69, 9.17) is 16.3 Å². The molecule has 2 heterocycles. The van der Waals surface area contributed by atoms with Crippen molar-refractivity contribution in [3.8, 4) is 5.88 Å². The zero-order valence-electron chi connectivity index (χ0n) is 12.6. The number of rotatable bonds is 4. The number of halogens is 1. The molecule has 1 aliphatic heterocycles. The molecule has 8 heteroatoms. The van der Waals surface area contributed by atoms with Crippen molar-refractivity contribution in [2.24, 2.45) is 0 Å². The second-order valence-corrected chi connectivity index (χ2v) is 5.78. The van der Waals surface area contributed by atoms with Crippen LogP contribution in [0.25, 0.3) is 0 Å². The number of nitro benzene ring substituents is 1. The van der Waals surface area contributed by atoms with Crippen molar-refractivity contribution in [3.05, 3.63) is 63.3 Å². The summed E-state index contributed by atoms with van der Waals surface area (Å²) in [6.45, 7) is 0.929. The third-order valence-electron chi connectivity index (χ3n) is 3.75. The Bertz CT molecular complexity index is 769. The molecule has 124 valence electrons. The number of nitrogens with zero attached hydrogens (tertiary/aromatic N) is 3. The number of benzene rings is 1. The summed E-state index contributed by atoms with van der Waals surface area (Å²) in [6, 6.07) is 9.44. The van der Waals surface area contributed by atoms with E-state index in [-0.39, 0.29) is 28.3 Å². The molecule has 1 amide bonds. The van der Waals surface area contributed by atoms with E-state index in [1.807, 2.05) is 6.07 Å². The highest BCUT2D eigenvalue weighted by atomic mass is 35.5. The summed E-state index contributed by atoms with van der Waals surface area (Å²) in [7, 11) is 0. The first-order chi connectivity index (χ1) is 11.5. The minimum absolute atomic E-state index is 0.00864. The first kappa shape index (κ1) is 16.2. The van der Waals surface area contributed by atoms with Crippen LogP contribution in [0.1, 0.15) is 16.8 Å². The molecular weight excluding hydrogens is 334 g/mol. The number of pyridine rings is 1. The zero-order chi connectivity index (χ0) is 17.1. The summed E-state index contributed by atoms with van der Waals surface area (Å²) in [5, 5.41) is 11.0. The number of hydrogen-bond acceptors (Lipinski definition) is 5. The summed E-state index contributed by atoms with van der Waals surface area (Å²) in [4.78, 5) is 28.6. The number of ether oxygens (including phenoxy) is 1. The average molecular weight is 348 g/mol. The predicted octanol–water partition coefficient (Wildman–Crippen LogP) is 2.94. The minimum Gasteiger partial charge on any atom is -0.472 e. The summed E-state index contributed by atoms with van der Waals surface area (Å²) >= 11 is 5.78. The van der Waals surface area contributed by atoms with Crippen LogP contribution in [0, 0.1) is 10.1 Å². The van der Waals surface area contributed by atoms with Gasteiger partial charge in [-0.2, -0.15) is 0 Å². The topological polar surface area (TPSA) is 85.6 Å². The molecule has 1 aromatic heterocycles. The van der Waals surface area contributed by atoms with Gasteiger partial charge in [-0.1, -0.05) is 17.7 Å². The highest BCUT2D eigenvalue weighted by molar-refractivity contribution is 6.32. The fourth-order valence-corrected chi connectivity index (χ4v) is 2.75. The monoisotopic (exact) mass is 347 g/mol. The molecule has 7 nitrogen and oxygen atoms in total. The van der Waals surface area contributed by atoms with Crippen LogP contribution >= 0.6 is 11.6 Å². The van der Waals surface area contributed by atoms with E-state index in [1.54, 1.807) is 23.2 Å². The summed E-state index contributed by atoms with van der Waals surface area (Å²) < 4.78 is 5.74. The van der Waals surface area contributed by atoms with Gasteiger partial charge in [-0.05, 0) is 18.2 Å². The van der Waals surface area contributed by atoms with Crippen molar-refractivity contribution < 1.29 is 14.5 Å². The molecule has 2 aromatic rings. The molecule has 24 heavy (non-hydrogen) atoms. The van der Waals surface area contributed by atoms with Gasteiger partial charge in [-0.25, -0.2) is 4.98 Å². The van der Waals surface area contributed by atoms with Gasteiger partial charge in [0.15, 0.2) is 0 Å². The molecule has 0 radical (unpaired) electrons. The number of carbonyl (C=O) groups is 1. The Kier molecular flexibility index (Phi) is 4.61. The third-order valence-corrected chi connectivity index (χ3v) is 4.07. The van der Waals surface area contributed by atoms with Crippen LogP contribution in [-0.4, -0.2) is 39.9 Å². The van der Waals surface area contributed by atoms with Gasteiger partial charge >= 0.3 is 0 Å². The van der Waals surface area contributed by atoms with Crippen molar-refractivity contribution in [2.75, 3.05) is 13.1 Å². The Morgan fingerprint density at radius 2 is 2.21 bits per heavy atom. The Labute approximate surface area is 143 Å². The Morgan fingerprint density at radius 1 is 1.38 bits per heavy atom. The van der Waals surface area contributed by atoms with Gasteiger partial charge in [0.2, 0.25) is 5.88 Å². The van der Waals surface area contributed by atoms with Crippen LogP contribution in [-0.2, 0) is 0 Å². The van der Waals surface area contributed by atoms with E-state index in [0.717, 1.165) is 0 Å². The summed E-state index contributed by atoms with van der Waals surface area (Å²) in [5.74, 6) is 0.237. The third kappa shape index (κ3) is 3.46. The lowest BCUT2D eigenvalue weighted by Crippen LogP contribution is -2.31. The van der Waals surface area contributed by atoms with Crippen LogP contribution < -0.4 is 4.74 Å². The van der Waals surface area contributed by atoms with Crippen LogP contribution in [0.4, 0.5) is 5.69 Å². The van der Waals surface area contributed by atoms with Crippen LogP contribution in [0.15, 0.2) is 42.6 Å². The molecule has 1 unspecified atom stereocenters. The molecular formula is C16H14ClN3O4. The van der Waals surface area contributed by atoms with Crippen LogP contribution in [0.3, 0.4) is 0 Å². The van der Waals surface area contributed by atoms with Crippen molar-refractivity contribution >= 4 is 23.2 Å². The molecule has 1 aromatic carbocycles. The first-order valence-corrected chi connectivity index (χ1v) is 7.73. The van der Waals surface area contributed by atoms with Gasteiger partial charge < -0.3 is 9.64 Å². The van der Waals surface area contributed by atoms with Crippen LogP contribution in [0.2, 0.25) is 5.02 Å². The number of amides is 1. The van der Waals surface area contributed by atoms with Crippen LogP contribution in [0.5, 0.6) is 5.88 Å². The normalized spacial score (nSPS) is 16.9. The second-order valence-electron chi connectivity index (χ2n) is 5.37. The lowest BCUT2D eigenvalue weighted by molar-refractivity contribution is -0.384. The molecule has 1 saturated heterocycles. The van der Waals surface area contributed by atoms with E-state index in [9.17, 15) is 14.9 Å². The molecule has 1 aliphatic rings. The lowest BCUT2D eigenvalue weighted by Gasteiger charge is -2.17. The second kappa shape index (κ2) is 6.84. The lowest BCUT2D eigenvalue weighted by atomic mass is 10.2. The van der Waals surface area contributed by atoms with E-state index in [2.05, 4.69) is 4.98 Å². The predicted molar refractivity (Wildman–Crippen MR) is 87.3 cm³/mol. The minimum atomic E-state index is -0.601. The van der Waals surface area contributed by atoms with E-state index < -0.39 is 4.92 Å². The average Bonchev–Trinajstić information content (AvgIpc) is 3.04. The Morgan fingerprint density at radius 3 is 2.92 bits per heavy atom. The zero-order valence-corrected chi connectivity index (χ0v) is 13.3. The largest absolute Gasteiger partial charge is 0.472 e. The highest BCUT2D eigenvalue weighted by Crippen LogP contribution is 2.26. The van der Waals surface area contributed by atoms with Gasteiger partial charge in [0.05, 0.1) is 11.5 Å². The molecule has 1 atom stereocenters. The van der Waals surface area contributed by atoms with Gasteiger partial charge in [0.1, 0.15) is 11.1 Å². The Hall–Kier alpha value is -2.67. The van der Waals surface area contributed by atoms with E-state index in [0.29, 0.717) is 25.4 Å². The van der Waals surface area contributed by atoms with Crippen molar-refractivity contribution in [1.82, 2.24) is 9.88 Å². The number of nitro groups is 1. The van der Waals surface area contributed by atoms with Crippen molar-refractivity contribution in [1.29, 1.82) is 0 Å². The molecule has 0 N–H and O–H groups in total. The summed E-state index contributed by atoms with van der Waals surface area (Å²) in [6.07, 6.45) is 2.17.